The molecule has 0 spiro atoms. The Bertz CT molecular complexity index is 823. The van der Waals surface area contributed by atoms with Gasteiger partial charge >= 0.3 is 6.36 Å². The third-order valence-electron chi connectivity index (χ3n) is 3.32. The van der Waals surface area contributed by atoms with E-state index in [-0.39, 0.29) is 18.2 Å². The number of halogens is 3. The van der Waals surface area contributed by atoms with Crippen LogP contribution in [-0.2, 0) is 4.79 Å². The molecule has 0 fully saturated rings. The molecular formula is C18H18F3N3O3. The van der Waals surface area contributed by atoms with Gasteiger partial charge in [0.25, 0.3) is 5.91 Å². The average Bonchev–Trinajstić information content (AvgIpc) is 2.58. The number of alkyl halides is 3. The van der Waals surface area contributed by atoms with Crippen molar-refractivity contribution < 1.29 is 27.5 Å². The van der Waals surface area contributed by atoms with Gasteiger partial charge in [-0.05, 0) is 30.3 Å². The third-order valence-corrected chi connectivity index (χ3v) is 3.32. The molecule has 0 unspecified atom stereocenters. The third kappa shape index (κ3) is 6.53. The molecule has 2 amide bonds. The van der Waals surface area contributed by atoms with E-state index < -0.39 is 12.3 Å². The second kappa shape index (κ2) is 8.43. The van der Waals surface area contributed by atoms with Crippen LogP contribution >= 0.6 is 0 Å². The molecule has 2 aromatic rings. The smallest absolute Gasteiger partial charge is 0.406 e. The maximum absolute atomic E-state index is 12.2. The van der Waals surface area contributed by atoms with Crippen molar-refractivity contribution in [3.8, 4) is 5.75 Å². The zero-order valence-corrected chi connectivity index (χ0v) is 14.6. The number of carbonyl (C=O) groups excluding carboxylic acids is 2. The quantitative estimate of drug-likeness (QED) is 0.805. The number of amides is 2. The van der Waals surface area contributed by atoms with Crippen molar-refractivity contribution >= 4 is 23.2 Å². The van der Waals surface area contributed by atoms with Crippen LogP contribution in [0, 0.1) is 0 Å². The van der Waals surface area contributed by atoms with Gasteiger partial charge in [-0.3, -0.25) is 9.59 Å². The summed E-state index contributed by atoms with van der Waals surface area (Å²) in [6.45, 7) is -0.179. The van der Waals surface area contributed by atoms with E-state index in [0.29, 0.717) is 16.9 Å². The Morgan fingerprint density at radius 3 is 2.37 bits per heavy atom. The van der Waals surface area contributed by atoms with Gasteiger partial charge < -0.3 is 20.3 Å². The Morgan fingerprint density at radius 1 is 1.04 bits per heavy atom. The molecule has 2 rings (SSSR count). The molecule has 2 aromatic carbocycles. The summed E-state index contributed by atoms with van der Waals surface area (Å²) in [5, 5.41) is 5.33. The molecule has 2 N–H and O–H groups in total. The van der Waals surface area contributed by atoms with Crippen LogP contribution in [0.25, 0.3) is 0 Å². The largest absolute Gasteiger partial charge is 0.573 e. The summed E-state index contributed by atoms with van der Waals surface area (Å²) < 4.78 is 40.5. The van der Waals surface area contributed by atoms with Crippen molar-refractivity contribution in [2.75, 3.05) is 31.3 Å². The molecule has 0 atom stereocenters. The second-order valence-electron chi connectivity index (χ2n) is 5.76. The van der Waals surface area contributed by atoms with Crippen molar-refractivity contribution in [3.63, 3.8) is 0 Å². The summed E-state index contributed by atoms with van der Waals surface area (Å²) in [5.74, 6) is -1.01. The Labute approximate surface area is 153 Å². The van der Waals surface area contributed by atoms with Gasteiger partial charge in [0.15, 0.2) is 0 Å². The summed E-state index contributed by atoms with van der Waals surface area (Å²) in [7, 11) is 3.24. The van der Waals surface area contributed by atoms with Crippen molar-refractivity contribution in [3.05, 3.63) is 54.1 Å². The predicted molar refractivity (Wildman–Crippen MR) is 94.7 cm³/mol. The van der Waals surface area contributed by atoms with Gasteiger partial charge in [0.1, 0.15) is 5.75 Å². The molecule has 0 aromatic heterocycles. The van der Waals surface area contributed by atoms with Crippen LogP contribution in [0.15, 0.2) is 48.5 Å². The average molecular weight is 381 g/mol. The molecular weight excluding hydrogens is 363 g/mol. The Kier molecular flexibility index (Phi) is 6.27. The minimum absolute atomic E-state index is 0.179. The van der Waals surface area contributed by atoms with Gasteiger partial charge in [0.2, 0.25) is 5.91 Å². The van der Waals surface area contributed by atoms with Gasteiger partial charge in [-0.2, -0.15) is 0 Å². The van der Waals surface area contributed by atoms with Gasteiger partial charge in [0, 0.05) is 37.1 Å². The van der Waals surface area contributed by atoms with Crippen molar-refractivity contribution in [2.24, 2.45) is 0 Å². The van der Waals surface area contributed by atoms with E-state index >= 15 is 0 Å². The van der Waals surface area contributed by atoms with Crippen molar-refractivity contribution in [2.45, 2.75) is 6.36 Å². The zero-order chi connectivity index (χ0) is 20.0. The molecule has 6 nitrogen and oxygen atoms in total. The Balaban J connectivity index is 1.94. The number of nitrogens with zero attached hydrogens (tertiary/aromatic N) is 1. The van der Waals surface area contributed by atoms with E-state index in [0.717, 1.165) is 12.1 Å². The van der Waals surface area contributed by atoms with E-state index in [1.165, 1.54) is 23.1 Å². The fourth-order valence-electron chi connectivity index (χ4n) is 2.18. The first-order chi connectivity index (χ1) is 12.6. The molecule has 144 valence electrons. The van der Waals surface area contributed by atoms with Crippen LogP contribution in [0.4, 0.5) is 24.5 Å². The summed E-state index contributed by atoms with van der Waals surface area (Å²) in [6, 6.07) is 11.6. The van der Waals surface area contributed by atoms with E-state index in [2.05, 4.69) is 15.4 Å². The first-order valence-electron chi connectivity index (χ1n) is 7.85. The minimum atomic E-state index is -4.79. The second-order valence-corrected chi connectivity index (χ2v) is 5.76. The molecule has 0 saturated carbocycles. The van der Waals surface area contributed by atoms with E-state index in [9.17, 15) is 22.8 Å². The number of benzene rings is 2. The van der Waals surface area contributed by atoms with Crippen LogP contribution in [0.3, 0.4) is 0 Å². The highest BCUT2D eigenvalue weighted by atomic mass is 19.4. The molecule has 0 radical (unpaired) electrons. The monoisotopic (exact) mass is 381 g/mol. The van der Waals surface area contributed by atoms with E-state index in [1.807, 2.05) is 0 Å². The van der Waals surface area contributed by atoms with Crippen LogP contribution in [0.1, 0.15) is 10.4 Å². The Hall–Kier alpha value is -3.23. The molecule has 27 heavy (non-hydrogen) atoms. The topological polar surface area (TPSA) is 70.7 Å². The molecule has 0 aliphatic carbocycles. The standard InChI is InChI=1S/C18H18F3N3O3/c1-24(2)17(26)12-5-3-7-14(9-12)23-16(25)11-22-13-6-4-8-15(10-13)27-18(19,20)21/h3-10,22H,11H2,1-2H3,(H,23,25). The fourth-order valence-corrected chi connectivity index (χ4v) is 2.18. The van der Waals surface area contributed by atoms with Crippen LogP contribution < -0.4 is 15.4 Å². The van der Waals surface area contributed by atoms with Crippen molar-refractivity contribution in [1.82, 2.24) is 4.90 Å². The maximum atomic E-state index is 12.2. The molecule has 0 aliphatic rings. The van der Waals surface area contributed by atoms with Gasteiger partial charge in [0.05, 0.1) is 6.54 Å². The lowest BCUT2D eigenvalue weighted by molar-refractivity contribution is -0.274. The summed E-state index contributed by atoms with van der Waals surface area (Å²) in [6.07, 6.45) is -4.79. The molecule has 9 heteroatoms. The van der Waals surface area contributed by atoms with Crippen LogP contribution in [0.5, 0.6) is 5.75 Å². The van der Waals surface area contributed by atoms with Crippen LogP contribution in [0.2, 0.25) is 0 Å². The maximum Gasteiger partial charge on any atom is 0.573 e. The molecule has 0 heterocycles. The number of nitrogens with one attached hydrogen (secondary N) is 2. The van der Waals surface area contributed by atoms with Crippen LogP contribution in [-0.4, -0.2) is 43.7 Å². The minimum Gasteiger partial charge on any atom is -0.406 e. The number of rotatable bonds is 6. The highest BCUT2D eigenvalue weighted by Crippen LogP contribution is 2.25. The summed E-state index contributed by atoms with van der Waals surface area (Å²) in [5.41, 5.74) is 1.15. The highest BCUT2D eigenvalue weighted by Gasteiger charge is 2.31. The van der Waals surface area contributed by atoms with Crippen molar-refractivity contribution in [1.29, 1.82) is 0 Å². The molecule has 0 saturated heterocycles. The Morgan fingerprint density at radius 2 is 1.70 bits per heavy atom. The lowest BCUT2D eigenvalue weighted by Gasteiger charge is -2.13. The first kappa shape index (κ1) is 20.1. The number of carbonyl (C=O) groups is 2. The number of anilines is 2. The van der Waals surface area contributed by atoms with Gasteiger partial charge in [-0.25, -0.2) is 0 Å². The predicted octanol–water partition coefficient (Wildman–Crippen LogP) is 3.34. The first-order valence-corrected chi connectivity index (χ1v) is 7.85. The molecule has 0 aliphatic heterocycles. The lowest BCUT2D eigenvalue weighted by Crippen LogP contribution is -2.23. The summed E-state index contributed by atoms with van der Waals surface area (Å²) >= 11 is 0. The zero-order valence-electron chi connectivity index (χ0n) is 14.6. The van der Waals surface area contributed by atoms with E-state index in [4.69, 9.17) is 0 Å². The molecule has 0 bridgehead atoms. The fraction of sp³-hybridized carbons (Fsp3) is 0.222. The number of hydrogen-bond donors (Lipinski definition) is 2. The highest BCUT2D eigenvalue weighted by molar-refractivity contribution is 5.97. The summed E-state index contributed by atoms with van der Waals surface area (Å²) in [4.78, 5) is 25.4. The SMILES string of the molecule is CN(C)C(=O)c1cccc(NC(=O)CNc2cccc(OC(F)(F)F)c2)c1. The number of hydrogen-bond acceptors (Lipinski definition) is 4. The van der Waals surface area contributed by atoms with Gasteiger partial charge in [-0.15, -0.1) is 13.2 Å². The number of ether oxygens (including phenoxy) is 1. The lowest BCUT2D eigenvalue weighted by atomic mass is 10.2. The van der Waals surface area contributed by atoms with E-state index in [1.54, 1.807) is 32.3 Å². The van der Waals surface area contributed by atoms with Gasteiger partial charge in [-0.1, -0.05) is 12.1 Å². The normalized spacial score (nSPS) is 10.9.